The second-order valence-corrected chi connectivity index (χ2v) is 5.40. The Morgan fingerprint density at radius 2 is 0.714 bits per heavy atom. The monoisotopic (exact) mass is 464 g/mol. The fourth-order valence-corrected chi connectivity index (χ4v) is 2.29. The summed E-state index contributed by atoms with van der Waals surface area (Å²) in [5, 5.41) is 64.2. The zero-order valence-electron chi connectivity index (χ0n) is 15.3. The van der Waals surface area contributed by atoms with E-state index in [4.69, 9.17) is 0 Å². The number of hydrogen-bond acceptors (Lipinski definition) is 6. The molecule has 0 amide bonds. The Morgan fingerprint density at radius 3 is 0.857 bits per heavy atom. The third-order valence-corrected chi connectivity index (χ3v) is 3.40. The van der Waals surface area contributed by atoms with E-state index in [1.165, 1.54) is 24.3 Å². The molecule has 0 aliphatic carbocycles. The molecule has 0 fully saturated rings. The molecule has 0 bridgehead atoms. The van der Waals surface area contributed by atoms with Gasteiger partial charge >= 0.3 is 0 Å². The average Bonchev–Trinajstić information content (AvgIpc) is 2.58. The Kier molecular flexibility index (Phi) is 20.8. The summed E-state index contributed by atoms with van der Waals surface area (Å²) < 4.78 is 0. The van der Waals surface area contributed by atoms with E-state index in [0.717, 1.165) is 11.1 Å². The molecule has 2 aromatic carbocycles. The summed E-state index contributed by atoms with van der Waals surface area (Å²) in [6, 6.07) is 6.14. The standard InChI is InChI=1S/2C9H10O3.2O.2V/c2*1-6-2-7(4-10)9(12)8(3-6)5-11;;;;/h2*2-3,12H,4-5H2,1H3;;;;/q4*-2;;/p-2. The number of rotatable bonds is 4. The van der Waals surface area contributed by atoms with Gasteiger partial charge in [0.15, 0.2) is 0 Å². The zero-order valence-corrected chi connectivity index (χ0v) is 18.1. The van der Waals surface area contributed by atoms with Gasteiger partial charge in [-0.3, -0.25) is 0 Å². The Hall–Kier alpha value is -1.03. The molecule has 0 N–H and O–H groups in total. The van der Waals surface area contributed by atoms with Crippen molar-refractivity contribution in [2.45, 2.75) is 40.3 Å². The quantitative estimate of drug-likeness (QED) is 0.473. The van der Waals surface area contributed by atoms with Crippen LogP contribution >= 0.6 is 0 Å². The van der Waals surface area contributed by atoms with Crippen molar-refractivity contribution in [1.82, 2.24) is 0 Å². The maximum Gasteiger partial charge on any atom is 0 e. The molecule has 2 radical (unpaired) electrons. The third-order valence-electron chi connectivity index (χ3n) is 3.40. The van der Waals surface area contributed by atoms with Crippen LogP contribution in [0, 0.1) is 13.8 Å². The van der Waals surface area contributed by atoms with E-state index in [2.05, 4.69) is 0 Å². The van der Waals surface area contributed by atoms with Crippen molar-refractivity contribution in [2.24, 2.45) is 0 Å². The Morgan fingerprint density at radius 1 is 0.536 bits per heavy atom. The smallest absolute Gasteiger partial charge is 0 e. The third kappa shape index (κ3) is 9.45. The van der Waals surface area contributed by atoms with E-state index in [1.807, 2.05) is 0 Å². The van der Waals surface area contributed by atoms with Crippen molar-refractivity contribution in [3.63, 3.8) is 0 Å². The van der Waals surface area contributed by atoms with Gasteiger partial charge in [-0.2, -0.15) is 0 Å². The second-order valence-electron chi connectivity index (χ2n) is 5.40. The maximum absolute atomic E-state index is 11.2. The molecule has 10 heteroatoms. The SMILES string of the molecule is Cc1cc(C[O-])c([O-])c(C[O-])c1.Cc1cc(C[O-])c([O-])c(C[O-])c1.[O-2].[O-2].[V].[V]. The summed E-state index contributed by atoms with van der Waals surface area (Å²) in [6.07, 6.45) is 0. The molecular weight excluding hydrogens is 446 g/mol. The molecule has 0 aromatic heterocycles. The predicted molar refractivity (Wildman–Crippen MR) is 77.4 cm³/mol. The molecule has 0 saturated heterocycles. The van der Waals surface area contributed by atoms with Crippen LogP contribution in [0.4, 0.5) is 0 Å². The van der Waals surface area contributed by atoms with Gasteiger partial charge in [-0.05, 0) is 13.8 Å². The van der Waals surface area contributed by atoms with Crippen LogP contribution < -0.4 is 30.6 Å². The first-order valence-corrected chi connectivity index (χ1v) is 7.29. The van der Waals surface area contributed by atoms with Crippen LogP contribution in [0.5, 0.6) is 11.5 Å². The fraction of sp³-hybridized carbons (Fsp3) is 0.333. The molecule has 0 unspecified atom stereocenters. The predicted octanol–water partition coefficient (Wildman–Crippen LogP) is -2.66. The van der Waals surface area contributed by atoms with Crippen molar-refractivity contribution in [3.05, 3.63) is 57.6 Å². The summed E-state index contributed by atoms with van der Waals surface area (Å²) >= 11 is 0. The number of aryl methyl sites for hydroxylation is 2. The van der Waals surface area contributed by atoms with E-state index in [-0.39, 0.29) is 81.8 Å². The first kappa shape index (κ1) is 34.5. The molecule has 158 valence electrons. The van der Waals surface area contributed by atoms with Crippen LogP contribution in [0.3, 0.4) is 0 Å². The van der Waals surface area contributed by atoms with Crippen LogP contribution in [0.2, 0.25) is 0 Å². The van der Waals surface area contributed by atoms with Gasteiger partial charge in [0.25, 0.3) is 0 Å². The van der Waals surface area contributed by atoms with Gasteiger partial charge in [0, 0.05) is 37.1 Å². The summed E-state index contributed by atoms with van der Waals surface area (Å²) in [5.41, 5.74) is 2.38. The Balaban J connectivity index is -0.000000180. The molecular formula is C18H18O8V2-10. The first-order chi connectivity index (χ1) is 11.4. The minimum atomic E-state index is -0.548. The topological polar surface area (TPSA) is 195 Å². The van der Waals surface area contributed by atoms with Gasteiger partial charge in [0.05, 0.1) is 0 Å². The van der Waals surface area contributed by atoms with Crippen LogP contribution in [0.25, 0.3) is 0 Å². The van der Waals surface area contributed by atoms with Crippen LogP contribution in [-0.2, 0) is 74.5 Å². The molecule has 28 heavy (non-hydrogen) atoms. The van der Waals surface area contributed by atoms with Crippen molar-refractivity contribution in [2.75, 3.05) is 0 Å². The van der Waals surface area contributed by atoms with Crippen molar-refractivity contribution < 1.29 is 78.7 Å². The van der Waals surface area contributed by atoms with E-state index in [0.29, 0.717) is 0 Å². The summed E-state index contributed by atoms with van der Waals surface area (Å²) in [6.45, 7) is 1.33. The summed E-state index contributed by atoms with van der Waals surface area (Å²) in [7, 11) is 0. The Labute approximate surface area is 187 Å². The van der Waals surface area contributed by atoms with E-state index < -0.39 is 26.4 Å². The number of hydrogen-bond donors (Lipinski definition) is 0. The fourth-order valence-electron chi connectivity index (χ4n) is 2.29. The first-order valence-electron chi connectivity index (χ1n) is 7.29. The van der Waals surface area contributed by atoms with Crippen LogP contribution in [0.1, 0.15) is 33.4 Å². The molecule has 0 spiro atoms. The molecule has 0 atom stereocenters. The minimum absolute atomic E-state index is 0. The van der Waals surface area contributed by atoms with E-state index >= 15 is 0 Å². The molecule has 0 heterocycles. The van der Waals surface area contributed by atoms with Crippen molar-refractivity contribution in [1.29, 1.82) is 0 Å². The normalized spacial score (nSPS) is 8.79. The molecule has 2 aromatic rings. The zero-order chi connectivity index (χ0) is 18.3. The van der Waals surface area contributed by atoms with Gasteiger partial charge in [-0.25, -0.2) is 0 Å². The van der Waals surface area contributed by atoms with Gasteiger partial charge in [0.2, 0.25) is 0 Å². The summed E-state index contributed by atoms with van der Waals surface area (Å²) in [5.74, 6) is -0.767. The summed E-state index contributed by atoms with van der Waals surface area (Å²) in [4.78, 5) is 0. The average molecular weight is 464 g/mol. The largest absolute Gasteiger partial charge is 2.00 e. The van der Waals surface area contributed by atoms with Crippen LogP contribution in [0.15, 0.2) is 24.3 Å². The molecule has 0 aliphatic rings. The van der Waals surface area contributed by atoms with Gasteiger partial charge < -0.3 is 41.6 Å². The number of benzene rings is 2. The minimum Gasteiger partial charge on any atom is -2.00 e. The van der Waals surface area contributed by atoms with Gasteiger partial charge in [-0.1, -0.05) is 57.6 Å². The molecule has 0 saturated carbocycles. The van der Waals surface area contributed by atoms with Crippen molar-refractivity contribution in [3.8, 4) is 11.5 Å². The molecule has 8 nitrogen and oxygen atoms in total. The molecule has 0 aliphatic heterocycles. The maximum atomic E-state index is 11.2. The van der Waals surface area contributed by atoms with Crippen LogP contribution in [-0.4, -0.2) is 0 Å². The molecule has 2 rings (SSSR count). The van der Waals surface area contributed by atoms with E-state index in [9.17, 15) is 30.6 Å². The Bertz CT molecular complexity index is 586. The van der Waals surface area contributed by atoms with Gasteiger partial charge in [0.1, 0.15) is 0 Å². The van der Waals surface area contributed by atoms with Gasteiger partial charge in [-0.15, -0.1) is 37.9 Å². The van der Waals surface area contributed by atoms with Crippen molar-refractivity contribution >= 4 is 0 Å². The second kappa shape index (κ2) is 16.9. The van der Waals surface area contributed by atoms with E-state index in [1.54, 1.807) is 13.8 Å².